The molecule has 1 aromatic carbocycles. The van der Waals surface area contributed by atoms with Gasteiger partial charge in [0.05, 0.1) is 23.5 Å². The smallest absolute Gasteiger partial charge is 0.227 e. The number of halogens is 1. The van der Waals surface area contributed by atoms with E-state index in [0.29, 0.717) is 23.3 Å². The highest BCUT2D eigenvalue weighted by atomic mass is 35.5. The molecule has 0 saturated heterocycles. The molecule has 10 heteroatoms. The van der Waals surface area contributed by atoms with Gasteiger partial charge in [-0.1, -0.05) is 17.7 Å². The van der Waals surface area contributed by atoms with Crippen LogP contribution in [0.2, 0.25) is 5.02 Å². The number of nitrogens with zero attached hydrogens (tertiary/aromatic N) is 7. The van der Waals surface area contributed by atoms with Crippen molar-refractivity contribution in [1.29, 1.82) is 0 Å². The van der Waals surface area contributed by atoms with Gasteiger partial charge < -0.3 is 10.1 Å². The van der Waals surface area contributed by atoms with Crippen LogP contribution >= 0.6 is 11.6 Å². The third-order valence-corrected chi connectivity index (χ3v) is 4.43. The number of ether oxygens (including phenoxy) is 1. The molecule has 0 spiro atoms. The van der Waals surface area contributed by atoms with E-state index in [2.05, 4.69) is 30.5 Å². The molecular weight excluding hydrogens is 392 g/mol. The van der Waals surface area contributed by atoms with Crippen molar-refractivity contribution in [1.82, 2.24) is 34.5 Å². The van der Waals surface area contributed by atoms with Gasteiger partial charge in [0.1, 0.15) is 24.5 Å². The quantitative estimate of drug-likeness (QED) is 0.499. The Hall–Kier alpha value is -3.46. The van der Waals surface area contributed by atoms with Crippen LogP contribution in [-0.2, 0) is 13.6 Å². The van der Waals surface area contributed by atoms with E-state index in [1.54, 1.807) is 40.3 Å². The maximum Gasteiger partial charge on any atom is 0.227 e. The van der Waals surface area contributed by atoms with Crippen LogP contribution < -0.4 is 10.1 Å². The van der Waals surface area contributed by atoms with Gasteiger partial charge >= 0.3 is 0 Å². The second kappa shape index (κ2) is 8.27. The number of hydrogen-bond acceptors (Lipinski definition) is 7. The predicted octanol–water partition coefficient (Wildman–Crippen LogP) is 3.33. The van der Waals surface area contributed by atoms with E-state index in [9.17, 15) is 0 Å². The lowest BCUT2D eigenvalue weighted by Crippen LogP contribution is -2.20. The van der Waals surface area contributed by atoms with Gasteiger partial charge in [-0.2, -0.15) is 10.2 Å². The summed E-state index contributed by atoms with van der Waals surface area (Å²) in [6, 6.07) is 5.59. The third kappa shape index (κ3) is 4.69. The predicted molar refractivity (Wildman–Crippen MR) is 109 cm³/mol. The van der Waals surface area contributed by atoms with Crippen molar-refractivity contribution in [3.05, 3.63) is 60.7 Å². The summed E-state index contributed by atoms with van der Waals surface area (Å²) < 4.78 is 9.42. The Morgan fingerprint density at radius 2 is 1.97 bits per heavy atom. The van der Waals surface area contributed by atoms with E-state index in [-0.39, 0.29) is 6.10 Å². The average Bonchev–Trinajstić information content (AvgIpc) is 3.36. The first kappa shape index (κ1) is 18.9. The molecule has 148 valence electrons. The standard InChI is InChI=1S/C19H19ClN8O/c1-13(9-28-12-21-11-25-28)29-18-5-14(3-4-17(18)20)15-6-22-19(23-7-15)26-16-8-24-27(2)10-16/h3-8,10-13H,9H2,1-2H3,(H,22,23,26). The summed E-state index contributed by atoms with van der Waals surface area (Å²) in [5.41, 5.74) is 2.58. The topological polar surface area (TPSA) is 95.6 Å². The average molecular weight is 411 g/mol. The van der Waals surface area contributed by atoms with Crippen molar-refractivity contribution in [2.75, 3.05) is 5.32 Å². The molecule has 29 heavy (non-hydrogen) atoms. The van der Waals surface area contributed by atoms with Crippen LogP contribution in [0.3, 0.4) is 0 Å². The van der Waals surface area contributed by atoms with E-state index in [1.807, 2.05) is 32.3 Å². The molecule has 0 aliphatic carbocycles. The molecule has 0 amide bonds. The lowest BCUT2D eigenvalue weighted by Gasteiger charge is -2.16. The summed E-state index contributed by atoms with van der Waals surface area (Å²) >= 11 is 6.32. The largest absolute Gasteiger partial charge is 0.487 e. The van der Waals surface area contributed by atoms with Crippen molar-refractivity contribution >= 4 is 23.2 Å². The Morgan fingerprint density at radius 1 is 1.14 bits per heavy atom. The Morgan fingerprint density at radius 3 is 2.66 bits per heavy atom. The summed E-state index contributed by atoms with van der Waals surface area (Å²) in [7, 11) is 1.85. The van der Waals surface area contributed by atoms with Gasteiger partial charge in [-0.3, -0.25) is 4.68 Å². The van der Waals surface area contributed by atoms with Crippen molar-refractivity contribution in [2.24, 2.45) is 7.05 Å². The SMILES string of the molecule is CC(Cn1cncn1)Oc1cc(-c2cnc(Nc3cnn(C)c3)nc2)ccc1Cl. The molecule has 9 nitrogen and oxygen atoms in total. The first-order valence-electron chi connectivity index (χ1n) is 8.93. The molecule has 1 atom stereocenters. The van der Waals surface area contributed by atoms with E-state index in [0.717, 1.165) is 16.8 Å². The third-order valence-electron chi connectivity index (χ3n) is 4.12. The normalized spacial score (nSPS) is 12.0. The van der Waals surface area contributed by atoms with Crippen molar-refractivity contribution in [3.63, 3.8) is 0 Å². The number of hydrogen-bond donors (Lipinski definition) is 1. The second-order valence-electron chi connectivity index (χ2n) is 6.51. The number of nitrogens with one attached hydrogen (secondary N) is 1. The highest BCUT2D eigenvalue weighted by Gasteiger charge is 2.11. The zero-order valence-corrected chi connectivity index (χ0v) is 16.7. The van der Waals surface area contributed by atoms with Gasteiger partial charge in [-0.05, 0) is 24.6 Å². The Balaban J connectivity index is 1.47. The van der Waals surface area contributed by atoms with Crippen LogP contribution in [0.25, 0.3) is 11.1 Å². The maximum absolute atomic E-state index is 6.32. The highest BCUT2D eigenvalue weighted by Crippen LogP contribution is 2.31. The molecule has 1 N–H and O–H groups in total. The fourth-order valence-electron chi connectivity index (χ4n) is 2.77. The molecule has 1 unspecified atom stereocenters. The molecule has 0 aliphatic rings. The van der Waals surface area contributed by atoms with Crippen LogP contribution in [0.4, 0.5) is 11.6 Å². The Bertz CT molecular complexity index is 1080. The molecule has 0 saturated carbocycles. The molecule has 3 aromatic heterocycles. The number of benzene rings is 1. The molecular formula is C19H19ClN8O. The minimum Gasteiger partial charge on any atom is -0.487 e. The van der Waals surface area contributed by atoms with Crippen LogP contribution in [0.1, 0.15) is 6.92 Å². The first-order chi connectivity index (χ1) is 14.1. The lowest BCUT2D eigenvalue weighted by molar-refractivity contribution is 0.194. The summed E-state index contributed by atoms with van der Waals surface area (Å²) in [6.07, 6.45) is 10.1. The van der Waals surface area contributed by atoms with Crippen molar-refractivity contribution in [2.45, 2.75) is 19.6 Å². The summed E-state index contributed by atoms with van der Waals surface area (Å²) in [4.78, 5) is 12.7. The van der Waals surface area contributed by atoms with Crippen LogP contribution in [0.5, 0.6) is 5.75 Å². The number of rotatable bonds is 7. The number of aryl methyl sites for hydroxylation is 1. The van der Waals surface area contributed by atoms with Gasteiger partial charge in [0, 0.05) is 31.2 Å². The van der Waals surface area contributed by atoms with E-state index in [1.165, 1.54) is 6.33 Å². The fraction of sp³-hybridized carbons (Fsp3) is 0.211. The molecule has 4 aromatic rings. The van der Waals surface area contributed by atoms with Gasteiger partial charge in [0.15, 0.2) is 0 Å². The summed E-state index contributed by atoms with van der Waals surface area (Å²) in [5.74, 6) is 1.09. The minimum absolute atomic E-state index is 0.133. The van der Waals surface area contributed by atoms with E-state index >= 15 is 0 Å². The second-order valence-corrected chi connectivity index (χ2v) is 6.92. The van der Waals surface area contributed by atoms with Crippen LogP contribution in [-0.4, -0.2) is 40.6 Å². The summed E-state index contributed by atoms with van der Waals surface area (Å²) in [6.45, 7) is 2.52. The van der Waals surface area contributed by atoms with Gasteiger partial charge in [0.25, 0.3) is 0 Å². The molecule has 4 rings (SSSR count). The van der Waals surface area contributed by atoms with Gasteiger partial charge in [-0.25, -0.2) is 19.6 Å². The number of aromatic nitrogens is 7. The van der Waals surface area contributed by atoms with Crippen LogP contribution in [0, 0.1) is 0 Å². The maximum atomic E-state index is 6.32. The minimum atomic E-state index is -0.133. The first-order valence-corrected chi connectivity index (χ1v) is 9.31. The van der Waals surface area contributed by atoms with Gasteiger partial charge in [0.2, 0.25) is 5.95 Å². The number of anilines is 2. The van der Waals surface area contributed by atoms with Crippen molar-refractivity contribution in [3.8, 4) is 16.9 Å². The highest BCUT2D eigenvalue weighted by molar-refractivity contribution is 6.32. The lowest BCUT2D eigenvalue weighted by atomic mass is 10.1. The zero-order valence-electron chi connectivity index (χ0n) is 15.9. The van der Waals surface area contributed by atoms with Crippen LogP contribution in [0.15, 0.2) is 55.6 Å². The summed E-state index contributed by atoms with van der Waals surface area (Å²) in [5, 5.41) is 11.8. The zero-order chi connectivity index (χ0) is 20.2. The molecule has 0 fully saturated rings. The van der Waals surface area contributed by atoms with Gasteiger partial charge in [-0.15, -0.1) is 0 Å². The van der Waals surface area contributed by atoms with Crippen molar-refractivity contribution < 1.29 is 4.74 Å². The van der Waals surface area contributed by atoms with E-state index in [4.69, 9.17) is 16.3 Å². The van der Waals surface area contributed by atoms with E-state index < -0.39 is 0 Å². The fourth-order valence-corrected chi connectivity index (χ4v) is 2.94. The Kier molecular flexibility index (Phi) is 5.39. The molecule has 0 bridgehead atoms. The molecule has 0 aliphatic heterocycles. The molecule has 0 radical (unpaired) electrons. The monoisotopic (exact) mass is 410 g/mol. The Labute approximate surface area is 172 Å². The molecule has 3 heterocycles.